The molecule has 30 heavy (non-hydrogen) atoms. The quantitative estimate of drug-likeness (QED) is 0.622. The second-order valence-corrected chi connectivity index (χ2v) is 6.75. The summed E-state index contributed by atoms with van der Waals surface area (Å²) in [5, 5.41) is 12.4. The van der Waals surface area contributed by atoms with Crippen molar-refractivity contribution in [3.63, 3.8) is 0 Å². The van der Waals surface area contributed by atoms with Crippen molar-refractivity contribution in [3.05, 3.63) is 76.7 Å². The summed E-state index contributed by atoms with van der Waals surface area (Å²) in [7, 11) is 3.12. The van der Waals surface area contributed by atoms with Gasteiger partial charge in [0.2, 0.25) is 0 Å². The molecule has 0 atom stereocenters. The molecule has 2 N–H and O–H groups in total. The van der Waals surface area contributed by atoms with E-state index in [1.54, 1.807) is 39.3 Å². The maximum Gasteiger partial charge on any atom is 0.251 e. The van der Waals surface area contributed by atoms with Crippen molar-refractivity contribution in [3.8, 4) is 22.8 Å². The number of carbonyl (C=O) groups is 1. The number of aryl methyl sites for hydroxylation is 1. The molecule has 0 saturated heterocycles. The number of ether oxygens (including phenoxy) is 2. The van der Waals surface area contributed by atoms with Crippen LogP contribution < -0.4 is 14.8 Å². The molecule has 1 heterocycles. The van der Waals surface area contributed by atoms with Gasteiger partial charge in [-0.25, -0.2) is 4.39 Å². The number of nitrogens with zero attached hydrogens (tertiary/aromatic N) is 1. The van der Waals surface area contributed by atoms with Crippen molar-refractivity contribution >= 4 is 5.91 Å². The number of amides is 1. The standard InChI is InChI=1S/C23H23FN2O4/c1-14-6-17(24)4-5-21(14)22-10-16(9-18(13-27)26-22)23(28)25-12-15-7-19(29-2)11-20(8-15)30-3/h4-11,27H,12-13H2,1-3H3,(H,25,28). The largest absolute Gasteiger partial charge is 0.497 e. The number of pyridine rings is 1. The fraction of sp³-hybridized carbons (Fsp3) is 0.217. The van der Waals surface area contributed by atoms with Crippen LogP contribution >= 0.6 is 0 Å². The number of rotatable bonds is 7. The highest BCUT2D eigenvalue weighted by molar-refractivity contribution is 5.95. The number of aliphatic hydroxyl groups is 1. The van der Waals surface area contributed by atoms with Crippen LogP contribution in [0.5, 0.6) is 11.5 Å². The van der Waals surface area contributed by atoms with Crippen molar-refractivity contribution in [2.75, 3.05) is 14.2 Å². The van der Waals surface area contributed by atoms with Gasteiger partial charge in [0, 0.05) is 23.7 Å². The van der Waals surface area contributed by atoms with Gasteiger partial charge in [0.15, 0.2) is 0 Å². The number of carbonyl (C=O) groups excluding carboxylic acids is 1. The Morgan fingerprint density at radius 1 is 1.07 bits per heavy atom. The number of nitrogens with one attached hydrogen (secondary N) is 1. The van der Waals surface area contributed by atoms with Gasteiger partial charge in [-0.2, -0.15) is 0 Å². The van der Waals surface area contributed by atoms with Crippen LogP contribution in [0, 0.1) is 12.7 Å². The lowest BCUT2D eigenvalue weighted by molar-refractivity contribution is 0.0950. The molecule has 0 spiro atoms. The summed E-state index contributed by atoms with van der Waals surface area (Å²) in [5.74, 6) is 0.578. The number of hydrogen-bond acceptors (Lipinski definition) is 5. The highest BCUT2D eigenvalue weighted by Gasteiger charge is 2.13. The SMILES string of the molecule is COc1cc(CNC(=O)c2cc(CO)nc(-c3ccc(F)cc3C)c2)cc(OC)c1. The van der Waals surface area contributed by atoms with Crippen molar-refractivity contribution in [1.82, 2.24) is 10.3 Å². The van der Waals surface area contributed by atoms with Crippen LogP contribution in [-0.2, 0) is 13.2 Å². The number of hydrogen-bond donors (Lipinski definition) is 2. The van der Waals surface area contributed by atoms with Crippen molar-refractivity contribution < 1.29 is 23.8 Å². The number of benzene rings is 2. The van der Waals surface area contributed by atoms with E-state index in [-0.39, 0.29) is 24.9 Å². The molecule has 0 aliphatic heterocycles. The molecule has 1 aromatic heterocycles. The van der Waals surface area contributed by atoms with Gasteiger partial charge in [-0.05, 0) is 60.5 Å². The normalized spacial score (nSPS) is 10.6. The average Bonchev–Trinajstić information content (AvgIpc) is 2.76. The molecule has 1 amide bonds. The lowest BCUT2D eigenvalue weighted by Crippen LogP contribution is -2.23. The summed E-state index contributed by atoms with van der Waals surface area (Å²) in [6.07, 6.45) is 0. The number of methoxy groups -OCH3 is 2. The van der Waals surface area contributed by atoms with Crippen LogP contribution in [-0.4, -0.2) is 30.2 Å². The minimum Gasteiger partial charge on any atom is -0.497 e. The molecule has 7 heteroatoms. The van der Waals surface area contributed by atoms with Gasteiger partial charge < -0.3 is 19.9 Å². The van der Waals surface area contributed by atoms with E-state index in [0.29, 0.717) is 39.6 Å². The fourth-order valence-electron chi connectivity index (χ4n) is 3.11. The summed E-state index contributed by atoms with van der Waals surface area (Å²) in [4.78, 5) is 17.1. The molecular formula is C23H23FN2O4. The third kappa shape index (κ3) is 4.93. The Balaban J connectivity index is 1.85. The van der Waals surface area contributed by atoms with Gasteiger partial charge in [-0.1, -0.05) is 0 Å². The molecule has 0 bridgehead atoms. The van der Waals surface area contributed by atoms with E-state index in [1.807, 2.05) is 12.1 Å². The second-order valence-electron chi connectivity index (χ2n) is 6.75. The van der Waals surface area contributed by atoms with E-state index in [0.717, 1.165) is 5.56 Å². The van der Waals surface area contributed by atoms with Gasteiger partial charge in [0.25, 0.3) is 5.91 Å². The van der Waals surface area contributed by atoms with E-state index in [9.17, 15) is 14.3 Å². The Bertz CT molecular complexity index is 1050. The lowest BCUT2D eigenvalue weighted by Gasteiger charge is -2.12. The minimum absolute atomic E-state index is 0.258. The van der Waals surface area contributed by atoms with Gasteiger partial charge in [-0.3, -0.25) is 9.78 Å². The first-order valence-electron chi connectivity index (χ1n) is 9.32. The highest BCUT2D eigenvalue weighted by atomic mass is 19.1. The summed E-state index contributed by atoms with van der Waals surface area (Å²) >= 11 is 0. The zero-order valence-electron chi connectivity index (χ0n) is 17.0. The van der Waals surface area contributed by atoms with Crippen LogP contribution in [0.1, 0.15) is 27.2 Å². The number of aliphatic hydroxyl groups excluding tert-OH is 1. The van der Waals surface area contributed by atoms with Crippen LogP contribution in [0.15, 0.2) is 48.5 Å². The van der Waals surface area contributed by atoms with Crippen LogP contribution in [0.25, 0.3) is 11.3 Å². The molecule has 0 radical (unpaired) electrons. The maximum absolute atomic E-state index is 13.4. The number of aromatic nitrogens is 1. The topological polar surface area (TPSA) is 80.7 Å². The van der Waals surface area contributed by atoms with Crippen molar-refractivity contribution in [2.45, 2.75) is 20.1 Å². The number of halogens is 1. The Kier molecular flexibility index (Phi) is 6.64. The molecule has 0 saturated carbocycles. The van der Waals surface area contributed by atoms with Crippen LogP contribution in [0.3, 0.4) is 0 Å². The minimum atomic E-state index is -0.346. The first-order valence-corrected chi connectivity index (χ1v) is 9.32. The maximum atomic E-state index is 13.4. The molecule has 156 valence electrons. The average molecular weight is 410 g/mol. The van der Waals surface area contributed by atoms with E-state index < -0.39 is 0 Å². The van der Waals surface area contributed by atoms with Crippen LogP contribution in [0.4, 0.5) is 4.39 Å². The first-order chi connectivity index (χ1) is 14.4. The fourth-order valence-corrected chi connectivity index (χ4v) is 3.11. The summed E-state index contributed by atoms with van der Waals surface area (Å²) < 4.78 is 23.9. The van der Waals surface area contributed by atoms with Crippen LogP contribution in [0.2, 0.25) is 0 Å². The monoisotopic (exact) mass is 410 g/mol. The van der Waals surface area contributed by atoms with E-state index in [4.69, 9.17) is 9.47 Å². The summed E-state index contributed by atoms with van der Waals surface area (Å²) in [6.45, 7) is 1.71. The Hall–Kier alpha value is -3.45. The van der Waals surface area contributed by atoms with Gasteiger partial charge >= 0.3 is 0 Å². The summed E-state index contributed by atoms with van der Waals surface area (Å²) in [6, 6.07) is 12.9. The van der Waals surface area contributed by atoms with E-state index >= 15 is 0 Å². The van der Waals surface area contributed by atoms with E-state index in [2.05, 4.69) is 10.3 Å². The smallest absolute Gasteiger partial charge is 0.251 e. The Morgan fingerprint density at radius 3 is 2.37 bits per heavy atom. The van der Waals surface area contributed by atoms with E-state index in [1.165, 1.54) is 18.2 Å². The van der Waals surface area contributed by atoms with Gasteiger partial charge in [-0.15, -0.1) is 0 Å². The predicted molar refractivity (Wildman–Crippen MR) is 111 cm³/mol. The molecule has 2 aromatic carbocycles. The molecular weight excluding hydrogens is 387 g/mol. The third-order valence-corrected chi connectivity index (χ3v) is 4.63. The van der Waals surface area contributed by atoms with Gasteiger partial charge in [0.05, 0.1) is 32.2 Å². The molecule has 0 aliphatic rings. The molecule has 3 rings (SSSR count). The second kappa shape index (κ2) is 9.37. The van der Waals surface area contributed by atoms with Crippen molar-refractivity contribution in [1.29, 1.82) is 0 Å². The summed E-state index contributed by atoms with van der Waals surface area (Å²) in [5.41, 5.74) is 3.38. The zero-order valence-corrected chi connectivity index (χ0v) is 17.0. The molecule has 3 aromatic rings. The van der Waals surface area contributed by atoms with Crippen molar-refractivity contribution in [2.24, 2.45) is 0 Å². The first kappa shape index (κ1) is 21.3. The zero-order chi connectivity index (χ0) is 21.7. The third-order valence-electron chi connectivity index (χ3n) is 4.63. The molecule has 6 nitrogen and oxygen atoms in total. The Labute approximate surface area is 174 Å². The molecule has 0 fully saturated rings. The molecule has 0 aliphatic carbocycles. The highest BCUT2D eigenvalue weighted by Crippen LogP contribution is 2.25. The predicted octanol–water partition coefficient (Wildman–Crippen LogP) is 3.64. The lowest BCUT2D eigenvalue weighted by atomic mass is 10.0. The van der Waals surface area contributed by atoms with Gasteiger partial charge in [0.1, 0.15) is 17.3 Å². The molecule has 0 unspecified atom stereocenters. The Morgan fingerprint density at radius 2 is 1.77 bits per heavy atom.